The van der Waals surface area contributed by atoms with Crippen LogP contribution in [0.25, 0.3) is 27.8 Å². The van der Waals surface area contributed by atoms with Crippen LogP contribution in [0.5, 0.6) is 0 Å². The number of rotatable bonds is 3. The molecule has 0 saturated heterocycles. The number of nitrogens with zero attached hydrogens (tertiary/aromatic N) is 6. The minimum absolute atomic E-state index is 0.143. The summed E-state index contributed by atoms with van der Waals surface area (Å²) in [5.74, 6) is -1.04. The summed E-state index contributed by atoms with van der Waals surface area (Å²) in [6, 6.07) is 3.63. The Morgan fingerprint density at radius 3 is 2.88 bits per heavy atom. The van der Waals surface area contributed by atoms with Gasteiger partial charge in [-0.2, -0.15) is 23.5 Å². The van der Waals surface area contributed by atoms with Crippen LogP contribution in [0.2, 0.25) is 0 Å². The zero-order valence-electron chi connectivity index (χ0n) is 12.6. The van der Waals surface area contributed by atoms with Crippen LogP contribution in [0.15, 0.2) is 30.9 Å². The number of hydrogen-bond acceptors (Lipinski definition) is 4. The van der Waals surface area contributed by atoms with Gasteiger partial charge in [0.1, 0.15) is 11.2 Å². The first-order chi connectivity index (χ1) is 12.0. The molecule has 0 spiro atoms. The van der Waals surface area contributed by atoms with Gasteiger partial charge in [-0.15, -0.1) is 0 Å². The number of halogens is 3. The quantitative estimate of drug-likeness (QED) is 0.618. The largest absolute Gasteiger partial charge is 0.450 e. The van der Waals surface area contributed by atoms with Crippen LogP contribution in [0.4, 0.5) is 13.2 Å². The van der Waals surface area contributed by atoms with Crippen LogP contribution >= 0.6 is 0 Å². The van der Waals surface area contributed by atoms with Crippen LogP contribution in [0, 0.1) is 11.3 Å². The Morgan fingerprint density at radius 2 is 2.12 bits per heavy atom. The molecule has 4 aromatic rings. The highest BCUT2D eigenvalue weighted by molar-refractivity contribution is 6.02. The summed E-state index contributed by atoms with van der Waals surface area (Å²) in [5, 5.41) is 13.2. The number of nitrogens with one attached hydrogen (secondary N) is 1. The average Bonchev–Trinajstić information content (AvgIpc) is 3.27. The third-order valence-corrected chi connectivity index (χ3v) is 3.78. The number of aryl methyl sites for hydroxylation is 1. The Kier molecular flexibility index (Phi) is 3.24. The molecule has 1 N–H and O–H groups in total. The number of imidazole rings is 1. The van der Waals surface area contributed by atoms with Gasteiger partial charge in [0, 0.05) is 17.8 Å². The number of hydrogen-bond donors (Lipinski definition) is 1. The van der Waals surface area contributed by atoms with Gasteiger partial charge in [0.25, 0.3) is 0 Å². The zero-order valence-corrected chi connectivity index (χ0v) is 12.6. The van der Waals surface area contributed by atoms with Crippen LogP contribution in [-0.2, 0) is 12.7 Å². The van der Waals surface area contributed by atoms with Crippen molar-refractivity contribution in [2.45, 2.75) is 19.1 Å². The molecule has 7 nitrogen and oxygen atoms in total. The van der Waals surface area contributed by atoms with Crippen molar-refractivity contribution in [2.75, 3.05) is 0 Å². The molecule has 4 heterocycles. The first kappa shape index (κ1) is 15.2. The summed E-state index contributed by atoms with van der Waals surface area (Å²) >= 11 is 0. The van der Waals surface area contributed by atoms with Gasteiger partial charge in [-0.3, -0.25) is 9.25 Å². The lowest BCUT2D eigenvalue weighted by Crippen LogP contribution is -2.13. The van der Waals surface area contributed by atoms with Crippen molar-refractivity contribution < 1.29 is 13.2 Å². The molecule has 126 valence electrons. The van der Waals surface area contributed by atoms with E-state index >= 15 is 0 Å². The van der Waals surface area contributed by atoms with E-state index in [1.807, 2.05) is 6.07 Å². The van der Waals surface area contributed by atoms with Gasteiger partial charge in [-0.25, -0.2) is 9.97 Å². The molecule has 0 saturated carbocycles. The van der Waals surface area contributed by atoms with E-state index in [1.54, 1.807) is 12.3 Å². The van der Waals surface area contributed by atoms with Crippen molar-refractivity contribution in [3.8, 4) is 11.8 Å². The fourth-order valence-corrected chi connectivity index (χ4v) is 2.77. The number of H-pyrrole nitrogens is 1. The lowest BCUT2D eigenvalue weighted by molar-refractivity contribution is -0.145. The van der Waals surface area contributed by atoms with Crippen LogP contribution in [0.1, 0.15) is 12.2 Å². The summed E-state index contributed by atoms with van der Waals surface area (Å²) in [4.78, 5) is 10.7. The maximum Gasteiger partial charge on any atom is 0.450 e. The second-order valence-electron chi connectivity index (χ2n) is 5.37. The molecule has 0 bridgehead atoms. The van der Waals surface area contributed by atoms with Gasteiger partial charge in [0.2, 0.25) is 5.82 Å². The van der Waals surface area contributed by atoms with Gasteiger partial charge in [-0.05, 0) is 6.07 Å². The number of fused-ring (bicyclic) bond motifs is 3. The van der Waals surface area contributed by atoms with Crippen molar-refractivity contribution >= 4 is 22.1 Å². The smallest absolute Gasteiger partial charge is 0.346 e. The molecular formula is C15H10F3N7. The second-order valence-corrected chi connectivity index (χ2v) is 5.37. The van der Waals surface area contributed by atoms with Gasteiger partial charge in [-0.1, -0.05) is 0 Å². The van der Waals surface area contributed by atoms with Crippen molar-refractivity contribution in [2.24, 2.45) is 0 Å². The SMILES string of the molecule is N#CCCn1cc(-n2c(C(F)(F)F)nc3cnc4[nH]ccc4c32)cn1. The Balaban J connectivity index is 2.01. The minimum atomic E-state index is -4.64. The molecule has 4 rings (SSSR count). The third-order valence-electron chi connectivity index (χ3n) is 3.78. The van der Waals surface area contributed by atoms with Crippen molar-refractivity contribution in [1.29, 1.82) is 5.26 Å². The Labute approximate surface area is 138 Å². The number of alkyl halides is 3. The molecule has 0 amide bonds. The first-order valence-electron chi connectivity index (χ1n) is 7.30. The number of nitriles is 1. The van der Waals surface area contributed by atoms with Crippen molar-refractivity contribution in [3.05, 3.63) is 36.7 Å². The van der Waals surface area contributed by atoms with Gasteiger partial charge < -0.3 is 4.98 Å². The zero-order chi connectivity index (χ0) is 17.6. The molecule has 10 heteroatoms. The molecule has 4 aromatic heterocycles. The Hall–Kier alpha value is -3.35. The predicted octanol–water partition coefficient (Wildman–Crippen LogP) is 3.03. The summed E-state index contributed by atoms with van der Waals surface area (Å²) in [7, 11) is 0. The summed E-state index contributed by atoms with van der Waals surface area (Å²) in [6.45, 7) is 0.297. The molecule has 0 unspecified atom stereocenters. The highest BCUT2D eigenvalue weighted by Crippen LogP contribution is 2.35. The number of pyridine rings is 1. The van der Waals surface area contributed by atoms with Crippen LogP contribution < -0.4 is 0 Å². The fourth-order valence-electron chi connectivity index (χ4n) is 2.77. The first-order valence-corrected chi connectivity index (χ1v) is 7.30. The maximum atomic E-state index is 13.5. The molecular weight excluding hydrogens is 335 g/mol. The minimum Gasteiger partial charge on any atom is -0.346 e. The Bertz CT molecular complexity index is 1110. The number of aromatic amines is 1. The van der Waals surface area contributed by atoms with E-state index in [2.05, 4.69) is 20.1 Å². The van der Waals surface area contributed by atoms with E-state index in [0.717, 1.165) is 4.57 Å². The lowest BCUT2D eigenvalue weighted by Gasteiger charge is -2.09. The Morgan fingerprint density at radius 1 is 1.28 bits per heavy atom. The van der Waals surface area contributed by atoms with Gasteiger partial charge in [0.05, 0.1) is 42.6 Å². The highest BCUT2D eigenvalue weighted by atomic mass is 19.4. The van der Waals surface area contributed by atoms with E-state index in [-0.39, 0.29) is 17.6 Å². The van der Waals surface area contributed by atoms with E-state index in [9.17, 15) is 13.2 Å². The van der Waals surface area contributed by atoms with Crippen LogP contribution in [-0.4, -0.2) is 29.3 Å². The average molecular weight is 345 g/mol. The summed E-state index contributed by atoms with van der Waals surface area (Å²) in [6.07, 6.45) is 1.28. The topological polar surface area (TPSA) is 88.1 Å². The lowest BCUT2D eigenvalue weighted by atomic mass is 10.3. The number of aromatic nitrogens is 6. The molecule has 0 atom stereocenters. The maximum absolute atomic E-state index is 13.5. The van der Waals surface area contributed by atoms with Crippen molar-refractivity contribution in [1.82, 2.24) is 29.3 Å². The normalized spacial score (nSPS) is 12.1. The van der Waals surface area contributed by atoms with E-state index in [4.69, 9.17) is 5.26 Å². The van der Waals surface area contributed by atoms with E-state index < -0.39 is 12.0 Å². The molecule has 0 aliphatic heterocycles. The van der Waals surface area contributed by atoms with Crippen molar-refractivity contribution in [3.63, 3.8) is 0 Å². The molecule has 0 fully saturated rings. The summed E-state index contributed by atoms with van der Waals surface area (Å²) < 4.78 is 43.0. The second kappa shape index (κ2) is 5.34. The third kappa shape index (κ3) is 2.40. The molecule has 25 heavy (non-hydrogen) atoms. The molecule has 0 radical (unpaired) electrons. The van der Waals surface area contributed by atoms with Gasteiger partial charge >= 0.3 is 6.18 Å². The fraction of sp³-hybridized carbons (Fsp3) is 0.200. The predicted molar refractivity (Wildman–Crippen MR) is 81.7 cm³/mol. The van der Waals surface area contributed by atoms with E-state index in [0.29, 0.717) is 23.1 Å². The highest BCUT2D eigenvalue weighted by Gasteiger charge is 2.38. The standard InChI is InChI=1S/C15H10F3N7/c16-15(17,18)14-23-11-7-21-13-10(2-4-20-13)12(11)25(14)9-6-22-24(8-9)5-1-3-19/h2,4,6-8H,1,5H2,(H,20,21). The van der Waals surface area contributed by atoms with Crippen LogP contribution in [0.3, 0.4) is 0 Å². The summed E-state index contributed by atoms with van der Waals surface area (Å²) in [5.41, 5.74) is 1.14. The molecule has 0 aliphatic rings. The molecule has 0 aliphatic carbocycles. The monoisotopic (exact) mass is 345 g/mol. The molecule has 0 aromatic carbocycles. The van der Waals surface area contributed by atoms with Gasteiger partial charge in [0.15, 0.2) is 0 Å². The van der Waals surface area contributed by atoms with E-state index in [1.165, 1.54) is 23.3 Å².